The van der Waals surface area contributed by atoms with Gasteiger partial charge in [-0.15, -0.1) is 0 Å². The van der Waals surface area contributed by atoms with Gasteiger partial charge in [0.1, 0.15) is 0 Å². The van der Waals surface area contributed by atoms with Crippen LogP contribution in [0.4, 0.5) is 5.69 Å². The lowest BCUT2D eigenvalue weighted by Crippen LogP contribution is -2.55. The molecule has 2 fully saturated rings. The molecule has 3 heterocycles. The Morgan fingerprint density at radius 2 is 1.79 bits per heavy atom. The third-order valence-corrected chi connectivity index (χ3v) is 5.42. The third kappa shape index (κ3) is 3.65. The Balaban J connectivity index is 1.30. The number of piperidine rings is 1. The summed E-state index contributed by atoms with van der Waals surface area (Å²) in [7, 11) is 0. The van der Waals surface area contributed by atoms with Crippen molar-refractivity contribution < 1.29 is 4.42 Å². The molecule has 2 aliphatic rings. The lowest BCUT2D eigenvalue weighted by Gasteiger charge is -2.44. The van der Waals surface area contributed by atoms with Crippen molar-refractivity contribution in [3.63, 3.8) is 0 Å². The highest BCUT2D eigenvalue weighted by Gasteiger charge is 2.28. The topological polar surface area (TPSA) is 22.9 Å². The summed E-state index contributed by atoms with van der Waals surface area (Å²) < 4.78 is 5.21. The van der Waals surface area contributed by atoms with Gasteiger partial charge in [-0.1, -0.05) is 18.2 Å². The van der Waals surface area contributed by atoms with Gasteiger partial charge in [0.05, 0.1) is 12.5 Å². The molecule has 0 bridgehead atoms. The average Bonchev–Trinajstić information content (AvgIpc) is 3.16. The first-order valence-corrected chi connectivity index (χ1v) is 9.16. The largest absolute Gasteiger partial charge is 0.472 e. The number of hydrogen-bond acceptors (Lipinski definition) is 4. The highest BCUT2D eigenvalue weighted by molar-refractivity contribution is 5.46. The maximum Gasteiger partial charge on any atom is 0.0947 e. The first kappa shape index (κ1) is 15.7. The van der Waals surface area contributed by atoms with E-state index in [1.807, 2.05) is 6.26 Å². The van der Waals surface area contributed by atoms with E-state index in [-0.39, 0.29) is 0 Å². The van der Waals surface area contributed by atoms with Crippen LogP contribution in [0.1, 0.15) is 18.4 Å². The molecule has 2 saturated heterocycles. The SMILES string of the molecule is c1ccc(N2CCN(C3CCCN(Cc4ccoc4)C3)CC2)cc1. The molecule has 1 aromatic carbocycles. The minimum absolute atomic E-state index is 0.712. The fourth-order valence-corrected chi connectivity index (χ4v) is 4.10. The van der Waals surface area contributed by atoms with E-state index in [2.05, 4.69) is 51.1 Å². The quantitative estimate of drug-likeness (QED) is 0.862. The molecule has 2 aromatic rings. The Hall–Kier alpha value is -1.78. The molecule has 0 amide bonds. The van der Waals surface area contributed by atoms with Gasteiger partial charge in [-0.3, -0.25) is 9.80 Å². The summed E-state index contributed by atoms with van der Waals surface area (Å²) >= 11 is 0. The summed E-state index contributed by atoms with van der Waals surface area (Å²) in [6.07, 6.45) is 6.30. The number of hydrogen-bond donors (Lipinski definition) is 0. The van der Waals surface area contributed by atoms with Crippen LogP contribution < -0.4 is 4.90 Å². The second-order valence-corrected chi connectivity index (χ2v) is 7.02. The summed E-state index contributed by atoms with van der Waals surface area (Å²) in [5, 5.41) is 0. The van der Waals surface area contributed by atoms with Crippen molar-refractivity contribution in [2.45, 2.75) is 25.4 Å². The molecule has 0 radical (unpaired) electrons. The van der Waals surface area contributed by atoms with Crippen LogP contribution in [-0.2, 0) is 6.54 Å². The Kier molecular flexibility index (Phi) is 4.86. The number of nitrogens with zero attached hydrogens (tertiary/aromatic N) is 3. The predicted molar refractivity (Wildman–Crippen MR) is 97.2 cm³/mol. The summed E-state index contributed by atoms with van der Waals surface area (Å²) in [4.78, 5) is 7.81. The van der Waals surface area contributed by atoms with Crippen molar-refractivity contribution >= 4 is 5.69 Å². The van der Waals surface area contributed by atoms with Gasteiger partial charge in [-0.05, 0) is 37.6 Å². The van der Waals surface area contributed by atoms with E-state index in [1.165, 1.54) is 50.3 Å². The monoisotopic (exact) mass is 325 g/mol. The summed E-state index contributed by atoms with van der Waals surface area (Å²) in [5.74, 6) is 0. The van der Waals surface area contributed by atoms with E-state index < -0.39 is 0 Å². The maximum absolute atomic E-state index is 5.21. The zero-order valence-corrected chi connectivity index (χ0v) is 14.3. The fourth-order valence-electron chi connectivity index (χ4n) is 4.10. The maximum atomic E-state index is 5.21. The standard InChI is InChI=1S/C20H27N3O/c1-2-5-19(6-3-1)22-10-12-23(13-11-22)20-7-4-9-21(16-20)15-18-8-14-24-17-18/h1-3,5-6,8,14,17,20H,4,7,9-13,15-16H2. The molecular weight excluding hydrogens is 298 g/mol. The molecule has 2 aliphatic heterocycles. The van der Waals surface area contributed by atoms with Crippen LogP contribution in [0.2, 0.25) is 0 Å². The first-order chi connectivity index (χ1) is 11.9. The molecule has 4 nitrogen and oxygen atoms in total. The number of benzene rings is 1. The molecule has 1 aromatic heterocycles. The third-order valence-electron chi connectivity index (χ3n) is 5.42. The number of furan rings is 1. The molecule has 24 heavy (non-hydrogen) atoms. The highest BCUT2D eigenvalue weighted by Crippen LogP contribution is 2.21. The van der Waals surface area contributed by atoms with Gasteiger partial charge in [0.25, 0.3) is 0 Å². The molecule has 4 heteroatoms. The van der Waals surface area contributed by atoms with Gasteiger partial charge in [0.2, 0.25) is 0 Å². The molecular formula is C20H27N3O. The van der Waals surface area contributed by atoms with Crippen LogP contribution in [-0.4, -0.2) is 55.1 Å². The Morgan fingerprint density at radius 3 is 2.54 bits per heavy atom. The van der Waals surface area contributed by atoms with Crippen molar-refractivity contribution in [3.8, 4) is 0 Å². The van der Waals surface area contributed by atoms with E-state index in [0.717, 1.165) is 19.6 Å². The summed E-state index contributed by atoms with van der Waals surface area (Å²) in [6, 6.07) is 13.6. The van der Waals surface area contributed by atoms with E-state index >= 15 is 0 Å². The zero-order valence-electron chi connectivity index (χ0n) is 14.3. The second-order valence-electron chi connectivity index (χ2n) is 7.02. The van der Waals surface area contributed by atoms with E-state index in [0.29, 0.717) is 6.04 Å². The van der Waals surface area contributed by atoms with Gasteiger partial charge < -0.3 is 9.32 Å². The first-order valence-electron chi connectivity index (χ1n) is 9.16. The minimum Gasteiger partial charge on any atom is -0.472 e. The average molecular weight is 325 g/mol. The molecule has 1 atom stereocenters. The van der Waals surface area contributed by atoms with E-state index in [4.69, 9.17) is 4.42 Å². The molecule has 4 rings (SSSR count). The number of rotatable bonds is 4. The Bertz CT molecular complexity index is 605. The molecule has 0 saturated carbocycles. The van der Waals surface area contributed by atoms with Gasteiger partial charge in [0.15, 0.2) is 0 Å². The van der Waals surface area contributed by atoms with Gasteiger partial charge in [-0.2, -0.15) is 0 Å². The van der Waals surface area contributed by atoms with Crippen LogP contribution in [0.25, 0.3) is 0 Å². The molecule has 128 valence electrons. The summed E-state index contributed by atoms with van der Waals surface area (Å²) in [5.41, 5.74) is 2.66. The minimum atomic E-state index is 0.712. The smallest absolute Gasteiger partial charge is 0.0947 e. The lowest BCUT2D eigenvalue weighted by molar-refractivity contribution is 0.0887. The zero-order chi connectivity index (χ0) is 16.2. The fraction of sp³-hybridized carbons (Fsp3) is 0.500. The predicted octanol–water partition coefficient (Wildman–Crippen LogP) is 3.07. The van der Waals surface area contributed by atoms with E-state index in [9.17, 15) is 0 Å². The van der Waals surface area contributed by atoms with Crippen LogP contribution in [0.3, 0.4) is 0 Å². The van der Waals surface area contributed by atoms with Gasteiger partial charge >= 0.3 is 0 Å². The Labute approximate surface area is 144 Å². The summed E-state index contributed by atoms with van der Waals surface area (Å²) in [6.45, 7) is 8.07. The number of piperazine rings is 1. The van der Waals surface area contributed by atoms with Crippen LogP contribution >= 0.6 is 0 Å². The van der Waals surface area contributed by atoms with Crippen LogP contribution in [0.15, 0.2) is 53.3 Å². The van der Waals surface area contributed by atoms with Crippen molar-refractivity contribution in [2.75, 3.05) is 44.2 Å². The number of para-hydroxylation sites is 1. The Morgan fingerprint density at radius 1 is 0.958 bits per heavy atom. The normalized spacial score (nSPS) is 23.5. The van der Waals surface area contributed by atoms with Crippen molar-refractivity contribution in [3.05, 3.63) is 54.5 Å². The number of likely N-dealkylation sites (tertiary alicyclic amines) is 1. The van der Waals surface area contributed by atoms with Crippen molar-refractivity contribution in [2.24, 2.45) is 0 Å². The van der Waals surface area contributed by atoms with E-state index in [1.54, 1.807) is 6.26 Å². The number of anilines is 1. The van der Waals surface area contributed by atoms with Gasteiger partial charge in [-0.25, -0.2) is 0 Å². The highest BCUT2D eigenvalue weighted by atomic mass is 16.3. The van der Waals surface area contributed by atoms with Crippen LogP contribution in [0.5, 0.6) is 0 Å². The molecule has 1 unspecified atom stereocenters. The second kappa shape index (κ2) is 7.41. The van der Waals surface area contributed by atoms with Crippen LogP contribution in [0, 0.1) is 0 Å². The van der Waals surface area contributed by atoms with Gasteiger partial charge in [0, 0.05) is 56.6 Å². The van der Waals surface area contributed by atoms with Crippen molar-refractivity contribution in [1.29, 1.82) is 0 Å². The lowest BCUT2D eigenvalue weighted by atomic mass is 10.0. The molecule has 0 N–H and O–H groups in total. The molecule has 0 aliphatic carbocycles. The van der Waals surface area contributed by atoms with Crippen molar-refractivity contribution in [1.82, 2.24) is 9.80 Å². The molecule has 0 spiro atoms.